The van der Waals surface area contributed by atoms with Crippen LogP contribution in [0.15, 0.2) is 122 Å². The van der Waals surface area contributed by atoms with Gasteiger partial charge >= 0.3 is 39.5 Å². The first-order valence-corrected chi connectivity index (χ1v) is 44.8. The Morgan fingerprint density at radius 1 is 0.264 bits per heavy atom. The maximum atomic E-state index is 13.1. The number of phosphoric ester groups is 2. The van der Waals surface area contributed by atoms with Gasteiger partial charge < -0.3 is 33.8 Å². The van der Waals surface area contributed by atoms with Crippen LogP contribution in [0.25, 0.3) is 0 Å². The number of aliphatic hydroxyl groups excluding tert-OH is 1. The van der Waals surface area contributed by atoms with Gasteiger partial charge in [0, 0.05) is 25.7 Å². The minimum absolute atomic E-state index is 0.0134. The molecule has 106 heavy (non-hydrogen) atoms. The number of ether oxygens (including phenoxy) is 4. The Balaban J connectivity index is 5.47. The third kappa shape index (κ3) is 77.6. The molecule has 0 spiro atoms. The van der Waals surface area contributed by atoms with Crippen molar-refractivity contribution in [3.05, 3.63) is 122 Å². The van der Waals surface area contributed by atoms with Crippen LogP contribution in [0.5, 0.6) is 0 Å². The summed E-state index contributed by atoms with van der Waals surface area (Å²) in [5.41, 5.74) is 0. The summed E-state index contributed by atoms with van der Waals surface area (Å²) in [5.74, 6) is -2.31. The summed E-state index contributed by atoms with van der Waals surface area (Å²) in [5, 5.41) is 10.7. The third-order valence-corrected chi connectivity index (χ3v) is 19.3. The minimum Gasteiger partial charge on any atom is -0.462 e. The van der Waals surface area contributed by atoms with E-state index in [1.54, 1.807) is 0 Å². The fraction of sp³-hybridized carbons (Fsp3) is 0.724. The van der Waals surface area contributed by atoms with Crippen molar-refractivity contribution in [3.63, 3.8) is 0 Å². The molecule has 0 heterocycles. The van der Waals surface area contributed by atoms with Crippen LogP contribution in [-0.4, -0.2) is 96.7 Å². The lowest BCUT2D eigenvalue weighted by atomic mass is 10.0. The molecule has 0 saturated heterocycles. The van der Waals surface area contributed by atoms with Crippen molar-refractivity contribution in [1.82, 2.24) is 0 Å². The molecule has 0 aromatic rings. The van der Waals surface area contributed by atoms with E-state index in [0.717, 1.165) is 122 Å². The Hall–Kier alpha value is -4.54. The zero-order valence-electron chi connectivity index (χ0n) is 66.8. The van der Waals surface area contributed by atoms with Crippen LogP contribution in [0.4, 0.5) is 0 Å². The van der Waals surface area contributed by atoms with Crippen molar-refractivity contribution in [3.8, 4) is 0 Å². The molecule has 610 valence electrons. The molecule has 0 aromatic heterocycles. The number of hydrogen-bond donors (Lipinski definition) is 3. The minimum atomic E-state index is -5.00. The number of esters is 4. The molecule has 0 saturated carbocycles. The molecule has 0 aromatic carbocycles. The van der Waals surface area contributed by atoms with E-state index in [0.29, 0.717) is 38.5 Å². The number of unbranched alkanes of at least 4 members (excludes halogenated alkanes) is 32. The van der Waals surface area contributed by atoms with Gasteiger partial charge in [0.15, 0.2) is 12.2 Å². The third-order valence-electron chi connectivity index (χ3n) is 17.4. The fourth-order valence-corrected chi connectivity index (χ4v) is 12.6. The first-order valence-electron chi connectivity index (χ1n) is 41.8. The van der Waals surface area contributed by atoms with E-state index in [4.69, 9.17) is 37.0 Å². The summed E-state index contributed by atoms with van der Waals surface area (Å²) in [6.45, 7) is 4.70. The van der Waals surface area contributed by atoms with Gasteiger partial charge in [0.25, 0.3) is 0 Å². The number of rotatable bonds is 78. The van der Waals surface area contributed by atoms with Crippen LogP contribution in [0.2, 0.25) is 0 Å². The Morgan fingerprint density at radius 2 is 0.472 bits per heavy atom. The summed E-state index contributed by atoms with van der Waals surface area (Å²) in [6.07, 6.45) is 87.5. The van der Waals surface area contributed by atoms with Gasteiger partial charge in [0.2, 0.25) is 0 Å². The number of carbonyl (C=O) groups excluding carboxylic acids is 4. The molecular formula is C87H150O17P2. The second-order valence-corrected chi connectivity index (χ2v) is 30.6. The molecule has 0 bridgehead atoms. The average molecular weight is 1530 g/mol. The topological polar surface area (TPSA) is 237 Å². The SMILES string of the molecule is CCCCC/C=C\C/C=C\C/C=C\C/C=C\CCCC(=O)OC[C@H](COP(=O)(O)OC[C@@H](O)COP(=O)(O)OC[C@@H](COC(=O)CCCCCCC/C=C\C/C=C\CCCCC)OC(=O)CCC/C=C\C/C=C\C/C=C\C/C=C\CCCCC)OC(=O)CCCCCCCCCCCCCCCCCCC. The fourth-order valence-electron chi connectivity index (χ4n) is 11.0. The molecule has 0 fully saturated rings. The van der Waals surface area contributed by atoms with E-state index < -0.39 is 97.5 Å². The zero-order valence-corrected chi connectivity index (χ0v) is 68.6. The Morgan fingerprint density at radius 3 is 0.774 bits per heavy atom. The summed E-state index contributed by atoms with van der Waals surface area (Å²) in [4.78, 5) is 73.1. The number of carbonyl (C=O) groups is 4. The highest BCUT2D eigenvalue weighted by Crippen LogP contribution is 2.45. The molecule has 5 atom stereocenters. The van der Waals surface area contributed by atoms with Crippen molar-refractivity contribution in [2.45, 2.75) is 367 Å². The number of aliphatic hydroxyl groups is 1. The van der Waals surface area contributed by atoms with Crippen molar-refractivity contribution < 1.29 is 80.2 Å². The molecule has 3 N–H and O–H groups in total. The largest absolute Gasteiger partial charge is 0.472 e. The van der Waals surface area contributed by atoms with Crippen molar-refractivity contribution in [2.75, 3.05) is 39.6 Å². The zero-order chi connectivity index (χ0) is 77.4. The molecule has 0 rings (SSSR count). The predicted molar refractivity (Wildman–Crippen MR) is 436 cm³/mol. The van der Waals surface area contributed by atoms with Gasteiger partial charge in [0.05, 0.1) is 26.4 Å². The van der Waals surface area contributed by atoms with Gasteiger partial charge in [-0.25, -0.2) is 9.13 Å². The number of allylic oxidation sites excluding steroid dienone is 20. The van der Waals surface area contributed by atoms with E-state index in [1.807, 2.05) is 24.3 Å². The van der Waals surface area contributed by atoms with Gasteiger partial charge in [-0.05, 0) is 135 Å². The summed E-state index contributed by atoms with van der Waals surface area (Å²) >= 11 is 0. The van der Waals surface area contributed by atoms with E-state index in [-0.39, 0.29) is 25.7 Å². The average Bonchev–Trinajstić information content (AvgIpc) is 0.905. The Bertz CT molecular complexity index is 2480. The molecule has 0 aliphatic rings. The highest BCUT2D eigenvalue weighted by molar-refractivity contribution is 7.47. The second-order valence-electron chi connectivity index (χ2n) is 27.7. The van der Waals surface area contributed by atoms with Crippen LogP contribution < -0.4 is 0 Å². The van der Waals surface area contributed by atoms with Crippen molar-refractivity contribution in [1.29, 1.82) is 0 Å². The van der Waals surface area contributed by atoms with Crippen LogP contribution in [0.3, 0.4) is 0 Å². The molecule has 17 nitrogen and oxygen atoms in total. The maximum absolute atomic E-state index is 13.1. The number of phosphoric acid groups is 2. The van der Waals surface area contributed by atoms with E-state index in [2.05, 4.69) is 125 Å². The molecule has 0 amide bonds. The van der Waals surface area contributed by atoms with Crippen molar-refractivity contribution >= 4 is 39.5 Å². The Kier molecular flexibility index (Phi) is 75.2. The van der Waals surface area contributed by atoms with Gasteiger partial charge in [-0.2, -0.15) is 0 Å². The monoisotopic (exact) mass is 1530 g/mol. The van der Waals surface area contributed by atoms with E-state index >= 15 is 0 Å². The second kappa shape index (κ2) is 78.6. The molecule has 19 heteroatoms. The Labute approximate surface area is 644 Å². The van der Waals surface area contributed by atoms with Crippen LogP contribution >= 0.6 is 15.6 Å². The first kappa shape index (κ1) is 101. The lowest BCUT2D eigenvalue weighted by molar-refractivity contribution is -0.161. The summed E-state index contributed by atoms with van der Waals surface area (Å²) < 4.78 is 68.6. The number of hydrogen-bond acceptors (Lipinski definition) is 15. The highest BCUT2D eigenvalue weighted by Gasteiger charge is 2.30. The smallest absolute Gasteiger partial charge is 0.462 e. The molecule has 0 aliphatic heterocycles. The normalized spacial score (nSPS) is 14.4. The lowest BCUT2D eigenvalue weighted by Gasteiger charge is -2.21. The van der Waals surface area contributed by atoms with Gasteiger partial charge in [-0.3, -0.25) is 37.3 Å². The summed E-state index contributed by atoms with van der Waals surface area (Å²) in [7, 11) is -10.00. The van der Waals surface area contributed by atoms with Crippen molar-refractivity contribution in [2.24, 2.45) is 0 Å². The van der Waals surface area contributed by atoms with E-state index in [1.165, 1.54) is 135 Å². The van der Waals surface area contributed by atoms with Gasteiger partial charge in [-0.1, -0.05) is 310 Å². The lowest BCUT2D eigenvalue weighted by Crippen LogP contribution is -2.30. The maximum Gasteiger partial charge on any atom is 0.472 e. The molecular weight excluding hydrogens is 1380 g/mol. The van der Waals surface area contributed by atoms with Gasteiger partial charge in [-0.15, -0.1) is 0 Å². The van der Waals surface area contributed by atoms with Crippen LogP contribution in [-0.2, 0) is 65.4 Å². The standard InChI is InChI=1S/C87H150O17P2/c1-5-9-13-17-21-25-29-33-37-40-44-48-52-56-60-64-68-72-85(90)98-78-83(104-87(92)74-70-66-62-58-54-50-46-42-39-35-31-27-23-19-15-11-7-3)80-102-106(95,96)100-76-81(88)75-99-105(93,94)101-79-82(77-97-84(89)71-67-63-59-55-51-47-43-36-32-28-24-20-16-12-8-4)103-86(91)73-69-65-61-57-53-49-45-41-38-34-30-26-22-18-14-10-6-2/h21-22,24-26,28,33-34,36-38,43-45,48-49,56-57,60-61,81-83,88H,5-20,23,27,29-32,35,39-42,46-47,50-55,58-59,62-80H2,1-4H3,(H,93,94)(H,95,96)/b25-21-,26-22-,28-24-,37-33-,38-34-,43-36-,48-44-,49-45-,60-56-,61-57-/t81-,82+,83+/m0/s1. The van der Waals surface area contributed by atoms with Gasteiger partial charge in [0.1, 0.15) is 19.3 Å². The summed E-state index contributed by atoms with van der Waals surface area (Å²) in [6, 6.07) is 0. The highest BCUT2D eigenvalue weighted by atomic mass is 31.2. The van der Waals surface area contributed by atoms with Crippen LogP contribution in [0.1, 0.15) is 349 Å². The van der Waals surface area contributed by atoms with E-state index in [9.17, 15) is 43.2 Å². The predicted octanol–water partition coefficient (Wildman–Crippen LogP) is 24.7. The molecule has 0 aliphatic carbocycles. The quantitative estimate of drug-likeness (QED) is 0.0169. The molecule has 2 unspecified atom stereocenters. The van der Waals surface area contributed by atoms with Crippen LogP contribution in [0, 0.1) is 0 Å². The molecule has 0 radical (unpaired) electrons. The first-order chi connectivity index (χ1) is 51.7.